The summed E-state index contributed by atoms with van der Waals surface area (Å²) in [6.07, 6.45) is 4.54. The maximum atomic E-state index is 8.59. The molecule has 54 valence electrons. The number of hydrogen-bond acceptors (Lipinski definition) is 2. The lowest BCUT2D eigenvalue weighted by Gasteiger charge is -2.12. The van der Waals surface area contributed by atoms with E-state index in [1.165, 1.54) is 12.8 Å². The first-order valence-electron chi connectivity index (χ1n) is 3.71. The Morgan fingerprint density at radius 3 is 2.67 bits per heavy atom. The topological polar surface area (TPSA) is 46.2 Å². The van der Waals surface area contributed by atoms with E-state index in [1.807, 2.05) is 0 Å². The van der Waals surface area contributed by atoms with E-state index < -0.39 is 0 Å². The number of nitrogens with two attached hydrogens (primary N) is 1. The van der Waals surface area contributed by atoms with Crippen LogP contribution in [0.15, 0.2) is 0 Å². The summed E-state index contributed by atoms with van der Waals surface area (Å²) in [6.45, 7) is 0.304. The third-order valence-corrected chi connectivity index (χ3v) is 2.22. The molecule has 2 heteroatoms. The van der Waals surface area contributed by atoms with Gasteiger partial charge in [0.15, 0.2) is 0 Å². The fourth-order valence-corrected chi connectivity index (χ4v) is 1.59. The van der Waals surface area contributed by atoms with Crippen molar-refractivity contribution in [3.63, 3.8) is 0 Å². The Bertz CT molecular complexity index is 85.0. The van der Waals surface area contributed by atoms with Gasteiger partial charge < -0.3 is 10.8 Å². The molecule has 3 N–H and O–H groups in total. The van der Waals surface area contributed by atoms with Crippen LogP contribution < -0.4 is 5.73 Å². The molecule has 0 aromatic carbocycles. The predicted molar refractivity (Wildman–Crippen MR) is 37.0 cm³/mol. The first kappa shape index (κ1) is 7.03. The van der Waals surface area contributed by atoms with E-state index in [2.05, 4.69) is 0 Å². The first-order chi connectivity index (χ1) is 4.34. The number of rotatable bonds is 2. The molecule has 1 rings (SSSR count). The molecule has 0 spiro atoms. The van der Waals surface area contributed by atoms with Gasteiger partial charge in [-0.1, -0.05) is 6.42 Å². The van der Waals surface area contributed by atoms with Crippen LogP contribution in [0.4, 0.5) is 0 Å². The highest BCUT2D eigenvalue weighted by Gasteiger charge is 2.22. The minimum absolute atomic E-state index is 0.304. The molecule has 0 bridgehead atoms. The molecule has 0 aliphatic heterocycles. The largest absolute Gasteiger partial charge is 0.396 e. The van der Waals surface area contributed by atoms with Crippen molar-refractivity contribution in [2.45, 2.75) is 31.7 Å². The van der Waals surface area contributed by atoms with Crippen molar-refractivity contribution in [2.75, 3.05) is 6.61 Å². The second kappa shape index (κ2) is 3.18. The van der Waals surface area contributed by atoms with Crippen LogP contribution in [0.5, 0.6) is 0 Å². The summed E-state index contributed by atoms with van der Waals surface area (Å²) < 4.78 is 0. The maximum Gasteiger partial charge on any atom is 0.0434 e. The van der Waals surface area contributed by atoms with E-state index >= 15 is 0 Å². The SMILES string of the molecule is N[C@@H]1CCC[C@H]1CCO. The Balaban J connectivity index is 2.22. The van der Waals surface area contributed by atoms with Crippen molar-refractivity contribution < 1.29 is 5.11 Å². The van der Waals surface area contributed by atoms with E-state index in [0.717, 1.165) is 12.8 Å². The maximum absolute atomic E-state index is 8.59. The molecule has 0 heterocycles. The average Bonchev–Trinajstić information content (AvgIpc) is 2.18. The van der Waals surface area contributed by atoms with Gasteiger partial charge in [0.05, 0.1) is 0 Å². The molecule has 1 aliphatic carbocycles. The van der Waals surface area contributed by atoms with Gasteiger partial charge in [-0.3, -0.25) is 0 Å². The predicted octanol–water partition coefficient (Wildman–Crippen LogP) is 0.496. The number of aliphatic hydroxyl groups is 1. The summed E-state index contributed by atoms with van der Waals surface area (Å²) in [4.78, 5) is 0. The molecule has 9 heavy (non-hydrogen) atoms. The molecule has 0 saturated heterocycles. The van der Waals surface area contributed by atoms with Gasteiger partial charge in [-0.2, -0.15) is 0 Å². The Labute approximate surface area is 56.1 Å². The highest BCUT2D eigenvalue weighted by molar-refractivity contribution is 4.79. The molecule has 0 radical (unpaired) electrons. The third-order valence-electron chi connectivity index (χ3n) is 2.22. The van der Waals surface area contributed by atoms with Crippen LogP contribution in [-0.2, 0) is 0 Å². The van der Waals surface area contributed by atoms with Crippen LogP contribution in [0, 0.1) is 5.92 Å². The lowest BCUT2D eigenvalue weighted by Crippen LogP contribution is -2.24. The normalized spacial score (nSPS) is 35.3. The van der Waals surface area contributed by atoms with Crippen molar-refractivity contribution in [2.24, 2.45) is 11.7 Å². The molecule has 1 aliphatic rings. The van der Waals surface area contributed by atoms with E-state index in [9.17, 15) is 0 Å². The Hall–Kier alpha value is -0.0800. The highest BCUT2D eigenvalue weighted by Crippen LogP contribution is 2.25. The van der Waals surface area contributed by atoms with E-state index in [1.54, 1.807) is 0 Å². The zero-order chi connectivity index (χ0) is 6.69. The van der Waals surface area contributed by atoms with Crippen LogP contribution >= 0.6 is 0 Å². The summed E-state index contributed by atoms with van der Waals surface area (Å²) in [5.74, 6) is 0.606. The Morgan fingerprint density at radius 1 is 1.44 bits per heavy atom. The Morgan fingerprint density at radius 2 is 2.22 bits per heavy atom. The lowest BCUT2D eigenvalue weighted by atomic mass is 10.0. The van der Waals surface area contributed by atoms with Gasteiger partial charge >= 0.3 is 0 Å². The molecule has 0 unspecified atom stereocenters. The van der Waals surface area contributed by atoms with E-state index in [0.29, 0.717) is 18.6 Å². The second-order valence-electron chi connectivity index (χ2n) is 2.87. The van der Waals surface area contributed by atoms with Crippen LogP contribution in [0.2, 0.25) is 0 Å². The van der Waals surface area contributed by atoms with Crippen LogP contribution in [-0.4, -0.2) is 17.8 Å². The Kier molecular flexibility index (Phi) is 2.49. The van der Waals surface area contributed by atoms with E-state index in [4.69, 9.17) is 10.8 Å². The molecule has 2 nitrogen and oxygen atoms in total. The number of hydrogen-bond donors (Lipinski definition) is 2. The van der Waals surface area contributed by atoms with Crippen molar-refractivity contribution in [3.05, 3.63) is 0 Å². The lowest BCUT2D eigenvalue weighted by molar-refractivity contribution is 0.251. The summed E-state index contributed by atoms with van der Waals surface area (Å²) in [5, 5.41) is 8.59. The van der Waals surface area contributed by atoms with Gasteiger partial charge in [0.1, 0.15) is 0 Å². The van der Waals surface area contributed by atoms with Gasteiger partial charge in [0, 0.05) is 12.6 Å². The molecule has 0 aromatic rings. The van der Waals surface area contributed by atoms with Gasteiger partial charge in [0.25, 0.3) is 0 Å². The second-order valence-corrected chi connectivity index (χ2v) is 2.87. The highest BCUT2D eigenvalue weighted by atomic mass is 16.3. The quantitative estimate of drug-likeness (QED) is 0.570. The van der Waals surface area contributed by atoms with E-state index in [-0.39, 0.29) is 0 Å². The fourth-order valence-electron chi connectivity index (χ4n) is 1.59. The van der Waals surface area contributed by atoms with Crippen LogP contribution in [0.1, 0.15) is 25.7 Å². The van der Waals surface area contributed by atoms with Crippen LogP contribution in [0.3, 0.4) is 0 Å². The third kappa shape index (κ3) is 1.66. The zero-order valence-electron chi connectivity index (χ0n) is 5.71. The standard InChI is InChI=1S/C7H15NO/c8-7-3-1-2-6(7)4-5-9/h6-7,9H,1-5,8H2/t6-,7+/m0/s1. The van der Waals surface area contributed by atoms with Crippen LogP contribution in [0.25, 0.3) is 0 Å². The molecule has 0 aromatic heterocycles. The summed E-state index contributed by atoms with van der Waals surface area (Å²) >= 11 is 0. The zero-order valence-corrected chi connectivity index (χ0v) is 5.71. The monoisotopic (exact) mass is 129 g/mol. The molecular weight excluding hydrogens is 114 g/mol. The minimum Gasteiger partial charge on any atom is -0.396 e. The fraction of sp³-hybridized carbons (Fsp3) is 1.00. The van der Waals surface area contributed by atoms with Crippen molar-refractivity contribution in [1.29, 1.82) is 0 Å². The average molecular weight is 129 g/mol. The first-order valence-corrected chi connectivity index (χ1v) is 3.71. The summed E-state index contributed by atoms with van der Waals surface area (Å²) in [6, 6.07) is 0.372. The van der Waals surface area contributed by atoms with Crippen molar-refractivity contribution in [1.82, 2.24) is 0 Å². The van der Waals surface area contributed by atoms with Gasteiger partial charge in [-0.15, -0.1) is 0 Å². The van der Waals surface area contributed by atoms with Crippen molar-refractivity contribution >= 4 is 0 Å². The summed E-state index contributed by atoms with van der Waals surface area (Å²) in [5.41, 5.74) is 5.75. The molecule has 1 fully saturated rings. The van der Waals surface area contributed by atoms with Gasteiger partial charge in [-0.25, -0.2) is 0 Å². The van der Waals surface area contributed by atoms with Gasteiger partial charge in [-0.05, 0) is 25.2 Å². The molecule has 0 amide bonds. The molecule has 2 atom stereocenters. The molecular formula is C7H15NO. The number of aliphatic hydroxyl groups excluding tert-OH is 1. The van der Waals surface area contributed by atoms with Crippen molar-refractivity contribution in [3.8, 4) is 0 Å². The molecule has 1 saturated carbocycles. The smallest absolute Gasteiger partial charge is 0.0434 e. The minimum atomic E-state index is 0.304. The summed E-state index contributed by atoms with van der Waals surface area (Å²) in [7, 11) is 0. The van der Waals surface area contributed by atoms with Gasteiger partial charge in [0.2, 0.25) is 0 Å².